The number of hydrogen-bond acceptors (Lipinski definition) is 3. The Bertz CT molecular complexity index is 151. The maximum atomic E-state index is 3.42. The smallest absolute Gasteiger partial charge is 0.0209 e. The minimum absolute atomic E-state index is 0.867. The molecule has 1 N–H and O–H groups in total. The Hall–Kier alpha value is 0.610. The van der Waals surface area contributed by atoms with Gasteiger partial charge < -0.3 is 5.32 Å². The molecule has 13 heavy (non-hydrogen) atoms. The van der Waals surface area contributed by atoms with Crippen LogP contribution in [0, 0.1) is 0 Å². The van der Waals surface area contributed by atoms with Crippen LogP contribution in [0.4, 0.5) is 0 Å². The van der Waals surface area contributed by atoms with Crippen LogP contribution >= 0.6 is 22.9 Å². The van der Waals surface area contributed by atoms with E-state index in [4.69, 9.17) is 0 Å². The molecule has 0 bridgehead atoms. The number of nitrogens with zero attached hydrogens (tertiary/aromatic N) is 2. The van der Waals surface area contributed by atoms with Crippen molar-refractivity contribution in [2.24, 2.45) is 0 Å². The van der Waals surface area contributed by atoms with Crippen LogP contribution in [0.5, 0.6) is 0 Å². The van der Waals surface area contributed by atoms with Gasteiger partial charge in [0.2, 0.25) is 0 Å². The third-order valence-corrected chi connectivity index (χ3v) is 4.05. The summed E-state index contributed by atoms with van der Waals surface area (Å²) in [6.45, 7) is 7.46. The molecule has 0 aromatic rings. The molecule has 0 saturated carbocycles. The maximum absolute atomic E-state index is 3.42. The number of piperidine rings is 1. The first-order valence-electron chi connectivity index (χ1n) is 5.22. The number of piperazine rings is 1. The zero-order valence-corrected chi connectivity index (χ0v) is 10.2. The van der Waals surface area contributed by atoms with Crippen molar-refractivity contribution >= 4 is 22.9 Å². The Kier molecular flexibility index (Phi) is 3.83. The predicted molar refractivity (Wildman–Crippen MR) is 63.1 cm³/mol. The molecule has 4 heteroatoms. The SMILES string of the molecule is IN1CCN(C2CCNCC2)CC1. The average molecular weight is 295 g/mol. The third kappa shape index (κ3) is 2.78. The number of rotatable bonds is 1. The molecule has 0 atom stereocenters. The molecule has 2 rings (SSSR count). The Morgan fingerprint density at radius 3 is 2.23 bits per heavy atom. The van der Waals surface area contributed by atoms with Gasteiger partial charge in [0, 0.05) is 55.1 Å². The number of nitrogens with one attached hydrogen (secondary N) is 1. The third-order valence-electron chi connectivity index (χ3n) is 3.08. The number of hydrogen-bond donors (Lipinski definition) is 1. The molecule has 0 aromatic carbocycles. The highest BCUT2D eigenvalue weighted by atomic mass is 127. The minimum atomic E-state index is 0.867. The van der Waals surface area contributed by atoms with Gasteiger partial charge in [0.1, 0.15) is 0 Å². The first-order valence-corrected chi connectivity index (χ1v) is 6.18. The van der Waals surface area contributed by atoms with Crippen molar-refractivity contribution in [3.8, 4) is 0 Å². The van der Waals surface area contributed by atoms with Gasteiger partial charge in [-0.3, -0.25) is 4.90 Å². The number of halogens is 1. The molecular formula is C9H18IN3. The lowest BCUT2D eigenvalue weighted by atomic mass is 10.0. The van der Waals surface area contributed by atoms with Crippen LogP contribution in [0.1, 0.15) is 12.8 Å². The predicted octanol–water partition coefficient (Wildman–Crippen LogP) is 0.706. The van der Waals surface area contributed by atoms with Gasteiger partial charge in [0.15, 0.2) is 0 Å². The molecule has 0 radical (unpaired) electrons. The summed E-state index contributed by atoms with van der Waals surface area (Å²) < 4.78 is 2.40. The standard InChI is InChI=1S/C9H18IN3/c10-13-7-5-12(6-8-13)9-1-3-11-4-2-9/h9,11H,1-8H2. The van der Waals surface area contributed by atoms with Crippen LogP contribution in [-0.2, 0) is 0 Å². The van der Waals surface area contributed by atoms with Gasteiger partial charge >= 0.3 is 0 Å². The van der Waals surface area contributed by atoms with Crippen LogP contribution in [0.3, 0.4) is 0 Å². The molecule has 2 aliphatic heterocycles. The fraction of sp³-hybridized carbons (Fsp3) is 1.00. The van der Waals surface area contributed by atoms with Crippen LogP contribution in [-0.4, -0.2) is 53.3 Å². The van der Waals surface area contributed by atoms with Crippen molar-refractivity contribution in [2.45, 2.75) is 18.9 Å². The van der Waals surface area contributed by atoms with E-state index in [1.54, 1.807) is 0 Å². The van der Waals surface area contributed by atoms with E-state index in [2.05, 4.69) is 36.2 Å². The summed E-state index contributed by atoms with van der Waals surface area (Å²) in [4.78, 5) is 2.68. The lowest BCUT2D eigenvalue weighted by Gasteiger charge is -2.39. The highest BCUT2D eigenvalue weighted by Gasteiger charge is 2.23. The molecule has 2 heterocycles. The summed E-state index contributed by atoms with van der Waals surface area (Å²) in [7, 11) is 0. The van der Waals surface area contributed by atoms with Crippen molar-refractivity contribution in [1.29, 1.82) is 0 Å². The minimum Gasteiger partial charge on any atom is -0.317 e. The van der Waals surface area contributed by atoms with E-state index in [1.165, 1.54) is 52.1 Å². The van der Waals surface area contributed by atoms with E-state index in [9.17, 15) is 0 Å². The lowest BCUT2D eigenvalue weighted by molar-refractivity contribution is 0.124. The monoisotopic (exact) mass is 295 g/mol. The van der Waals surface area contributed by atoms with Gasteiger partial charge in [-0.1, -0.05) is 0 Å². The maximum Gasteiger partial charge on any atom is 0.0209 e. The Balaban J connectivity index is 1.79. The molecule has 2 saturated heterocycles. The molecule has 0 spiro atoms. The van der Waals surface area contributed by atoms with Gasteiger partial charge in [0.25, 0.3) is 0 Å². The summed E-state index contributed by atoms with van der Waals surface area (Å²) in [5.41, 5.74) is 0. The first-order chi connectivity index (χ1) is 6.36. The van der Waals surface area contributed by atoms with Crippen molar-refractivity contribution in [2.75, 3.05) is 39.3 Å². The largest absolute Gasteiger partial charge is 0.317 e. The average Bonchev–Trinajstić information content (AvgIpc) is 2.20. The summed E-state index contributed by atoms with van der Waals surface area (Å²) in [6.07, 6.45) is 2.70. The Morgan fingerprint density at radius 1 is 1.00 bits per heavy atom. The molecule has 3 nitrogen and oxygen atoms in total. The van der Waals surface area contributed by atoms with E-state index in [0.717, 1.165) is 6.04 Å². The lowest BCUT2D eigenvalue weighted by Crippen LogP contribution is -2.50. The van der Waals surface area contributed by atoms with Crippen LogP contribution in [0.2, 0.25) is 0 Å². The molecule has 2 aliphatic rings. The fourth-order valence-corrected chi connectivity index (χ4v) is 2.67. The zero-order valence-electron chi connectivity index (χ0n) is 8.01. The topological polar surface area (TPSA) is 18.5 Å². The molecule has 76 valence electrons. The Labute approximate surface area is 94.3 Å². The van der Waals surface area contributed by atoms with Crippen molar-refractivity contribution in [3.63, 3.8) is 0 Å². The zero-order chi connectivity index (χ0) is 9.10. The molecule has 0 unspecified atom stereocenters. The first kappa shape index (κ1) is 10.1. The fourth-order valence-electron chi connectivity index (χ4n) is 2.23. The molecule has 2 fully saturated rings. The van der Waals surface area contributed by atoms with Crippen molar-refractivity contribution in [1.82, 2.24) is 13.3 Å². The van der Waals surface area contributed by atoms with Gasteiger partial charge in [-0.2, -0.15) is 0 Å². The van der Waals surface area contributed by atoms with Crippen LogP contribution < -0.4 is 5.32 Å². The normalized spacial score (nSPS) is 29.3. The van der Waals surface area contributed by atoms with E-state index in [-0.39, 0.29) is 0 Å². The van der Waals surface area contributed by atoms with Crippen LogP contribution in [0.15, 0.2) is 0 Å². The second-order valence-corrected chi connectivity index (χ2v) is 5.29. The summed E-state index contributed by atoms with van der Waals surface area (Å²) in [5.74, 6) is 0. The Morgan fingerprint density at radius 2 is 1.62 bits per heavy atom. The van der Waals surface area contributed by atoms with Gasteiger partial charge in [-0.15, -0.1) is 0 Å². The summed E-state index contributed by atoms with van der Waals surface area (Å²) in [5, 5.41) is 3.42. The molecule has 0 aliphatic carbocycles. The van der Waals surface area contributed by atoms with Gasteiger partial charge in [-0.05, 0) is 25.9 Å². The quantitative estimate of drug-likeness (QED) is 0.568. The van der Waals surface area contributed by atoms with Crippen molar-refractivity contribution < 1.29 is 0 Å². The van der Waals surface area contributed by atoms with Crippen LogP contribution in [0.25, 0.3) is 0 Å². The van der Waals surface area contributed by atoms with E-state index in [1.807, 2.05) is 0 Å². The second-order valence-electron chi connectivity index (χ2n) is 3.93. The molecule has 0 aromatic heterocycles. The van der Waals surface area contributed by atoms with Gasteiger partial charge in [0.05, 0.1) is 0 Å². The summed E-state index contributed by atoms with van der Waals surface area (Å²) >= 11 is 2.43. The molecular weight excluding hydrogens is 277 g/mol. The van der Waals surface area contributed by atoms with Crippen molar-refractivity contribution in [3.05, 3.63) is 0 Å². The highest BCUT2D eigenvalue weighted by Crippen LogP contribution is 2.15. The summed E-state index contributed by atoms with van der Waals surface area (Å²) in [6, 6.07) is 0.867. The van der Waals surface area contributed by atoms with Gasteiger partial charge in [-0.25, -0.2) is 3.11 Å². The van der Waals surface area contributed by atoms with E-state index < -0.39 is 0 Å². The van der Waals surface area contributed by atoms with E-state index in [0.29, 0.717) is 0 Å². The highest BCUT2D eigenvalue weighted by molar-refractivity contribution is 14.1. The second kappa shape index (κ2) is 4.91. The van der Waals surface area contributed by atoms with E-state index >= 15 is 0 Å². The molecule has 0 amide bonds.